The minimum atomic E-state index is -0.552. The van der Waals surface area contributed by atoms with Gasteiger partial charge in [0.2, 0.25) is 5.91 Å². The van der Waals surface area contributed by atoms with Crippen LogP contribution in [-0.2, 0) is 30.4 Å². The van der Waals surface area contributed by atoms with Crippen molar-refractivity contribution in [1.29, 1.82) is 0 Å². The van der Waals surface area contributed by atoms with Gasteiger partial charge < -0.3 is 24.1 Å². The number of hydrogen-bond donors (Lipinski definition) is 1. The summed E-state index contributed by atoms with van der Waals surface area (Å²) >= 11 is 0. The van der Waals surface area contributed by atoms with Gasteiger partial charge in [-0.2, -0.15) is 0 Å². The largest absolute Gasteiger partial charge is 0.467 e. The highest BCUT2D eigenvalue weighted by molar-refractivity contribution is 5.88. The molecule has 23 heavy (non-hydrogen) atoms. The number of likely N-dealkylation sites (tertiary alicyclic amines) is 1. The minimum Gasteiger partial charge on any atom is -0.467 e. The van der Waals surface area contributed by atoms with Crippen LogP contribution in [0.5, 0.6) is 0 Å². The lowest BCUT2D eigenvalue weighted by atomic mass is 10.1. The van der Waals surface area contributed by atoms with Crippen LogP contribution in [0.1, 0.15) is 12.2 Å². The van der Waals surface area contributed by atoms with Crippen LogP contribution in [0.2, 0.25) is 0 Å². The summed E-state index contributed by atoms with van der Waals surface area (Å²) in [4.78, 5) is 36.8. The monoisotopic (exact) mass is 324 g/mol. The van der Waals surface area contributed by atoms with Crippen molar-refractivity contribution >= 4 is 17.8 Å². The highest BCUT2D eigenvalue weighted by atomic mass is 16.5. The van der Waals surface area contributed by atoms with Crippen molar-refractivity contribution in [3.8, 4) is 0 Å². The smallest absolute Gasteiger partial charge is 0.311 e. The predicted molar refractivity (Wildman–Crippen MR) is 78.1 cm³/mol. The van der Waals surface area contributed by atoms with Gasteiger partial charge in [0.05, 0.1) is 25.3 Å². The average molecular weight is 324 g/mol. The lowest BCUT2D eigenvalue weighted by Crippen LogP contribution is -2.33. The minimum absolute atomic E-state index is 0.0881. The van der Waals surface area contributed by atoms with Gasteiger partial charge in [0.1, 0.15) is 5.76 Å². The van der Waals surface area contributed by atoms with Crippen LogP contribution in [0.3, 0.4) is 0 Å². The Morgan fingerprint density at radius 3 is 3.00 bits per heavy atom. The number of rotatable bonds is 8. The molecular formula is C15H20N2O6. The van der Waals surface area contributed by atoms with E-state index in [0.717, 1.165) is 0 Å². The summed E-state index contributed by atoms with van der Waals surface area (Å²) in [6.07, 6.45) is 1.62. The normalized spacial score (nSPS) is 17.3. The fourth-order valence-corrected chi connectivity index (χ4v) is 2.27. The third-order valence-corrected chi connectivity index (χ3v) is 3.45. The summed E-state index contributed by atoms with van der Waals surface area (Å²) < 4.78 is 14.9. The van der Waals surface area contributed by atoms with E-state index in [2.05, 4.69) is 5.32 Å². The SMILES string of the molecule is COCCNC(=O)COC(=O)[C@H]1CC(=O)N(Cc2ccco2)C1. The Hall–Kier alpha value is -2.35. The topological polar surface area (TPSA) is 98.1 Å². The van der Waals surface area contributed by atoms with Gasteiger partial charge in [0.25, 0.3) is 5.91 Å². The summed E-state index contributed by atoms with van der Waals surface area (Å²) in [5.41, 5.74) is 0. The van der Waals surface area contributed by atoms with E-state index in [4.69, 9.17) is 13.9 Å². The number of ether oxygens (including phenoxy) is 2. The molecule has 2 rings (SSSR count). The molecule has 0 bridgehead atoms. The number of nitrogens with one attached hydrogen (secondary N) is 1. The van der Waals surface area contributed by atoms with Crippen LogP contribution < -0.4 is 5.32 Å². The number of carbonyl (C=O) groups is 3. The quantitative estimate of drug-likeness (QED) is 0.531. The molecule has 1 fully saturated rings. The molecule has 1 atom stereocenters. The highest BCUT2D eigenvalue weighted by Crippen LogP contribution is 2.21. The van der Waals surface area contributed by atoms with E-state index in [1.165, 1.54) is 13.4 Å². The number of esters is 1. The van der Waals surface area contributed by atoms with Gasteiger partial charge in [-0.3, -0.25) is 14.4 Å². The zero-order valence-electron chi connectivity index (χ0n) is 12.9. The summed E-state index contributed by atoms with van der Waals surface area (Å²) in [6, 6.07) is 3.51. The Balaban J connectivity index is 1.73. The molecule has 1 aliphatic heterocycles. The molecule has 1 aromatic heterocycles. The Bertz CT molecular complexity index is 542. The second-order valence-electron chi connectivity index (χ2n) is 5.21. The van der Waals surface area contributed by atoms with Crippen LogP contribution in [0, 0.1) is 5.92 Å². The molecule has 2 amide bonds. The van der Waals surface area contributed by atoms with Gasteiger partial charge in [-0.25, -0.2) is 0 Å². The summed E-state index contributed by atoms with van der Waals surface area (Å²) in [6.45, 7) is 0.979. The van der Waals surface area contributed by atoms with E-state index in [1.54, 1.807) is 17.0 Å². The molecule has 126 valence electrons. The molecule has 1 saturated heterocycles. The number of nitrogens with zero attached hydrogens (tertiary/aromatic N) is 1. The van der Waals surface area contributed by atoms with Crippen molar-refractivity contribution < 1.29 is 28.3 Å². The maximum atomic E-state index is 11.9. The number of furan rings is 1. The first-order chi connectivity index (χ1) is 11.1. The molecule has 0 unspecified atom stereocenters. The Kier molecular flexibility index (Phi) is 6.16. The lowest BCUT2D eigenvalue weighted by molar-refractivity contribution is -0.152. The predicted octanol–water partition coefficient (Wildman–Crippen LogP) is -0.0661. The van der Waals surface area contributed by atoms with Gasteiger partial charge in [-0.1, -0.05) is 0 Å². The standard InChI is InChI=1S/C15H20N2O6/c1-21-6-4-16-13(18)10-23-15(20)11-7-14(19)17(8-11)9-12-3-2-5-22-12/h2-3,5,11H,4,6-10H2,1H3,(H,16,18)/t11-/m0/s1. The van der Waals surface area contributed by atoms with Gasteiger partial charge >= 0.3 is 5.97 Å². The molecule has 1 aromatic rings. The van der Waals surface area contributed by atoms with E-state index in [9.17, 15) is 14.4 Å². The Morgan fingerprint density at radius 1 is 1.48 bits per heavy atom. The molecule has 2 heterocycles. The maximum absolute atomic E-state index is 11.9. The molecule has 0 aromatic carbocycles. The van der Waals surface area contributed by atoms with E-state index < -0.39 is 17.8 Å². The maximum Gasteiger partial charge on any atom is 0.311 e. The molecular weight excluding hydrogens is 304 g/mol. The highest BCUT2D eigenvalue weighted by Gasteiger charge is 2.35. The van der Waals surface area contributed by atoms with Crippen molar-refractivity contribution in [2.24, 2.45) is 5.92 Å². The van der Waals surface area contributed by atoms with Crippen LogP contribution in [0.25, 0.3) is 0 Å². The first kappa shape index (κ1) is 17.0. The summed E-state index contributed by atoms with van der Waals surface area (Å²) in [5.74, 6) is -0.962. The van der Waals surface area contributed by atoms with Crippen molar-refractivity contribution in [3.63, 3.8) is 0 Å². The Morgan fingerprint density at radius 2 is 2.30 bits per heavy atom. The fourth-order valence-electron chi connectivity index (χ4n) is 2.27. The van der Waals surface area contributed by atoms with E-state index in [1.807, 2.05) is 0 Å². The second-order valence-corrected chi connectivity index (χ2v) is 5.21. The van der Waals surface area contributed by atoms with Crippen molar-refractivity contribution in [3.05, 3.63) is 24.2 Å². The van der Waals surface area contributed by atoms with Crippen LogP contribution in [0.15, 0.2) is 22.8 Å². The van der Waals surface area contributed by atoms with Crippen LogP contribution >= 0.6 is 0 Å². The third kappa shape index (κ3) is 5.10. The third-order valence-electron chi connectivity index (χ3n) is 3.45. The Labute approximate surface area is 133 Å². The van der Waals surface area contributed by atoms with Crippen molar-refractivity contribution in [1.82, 2.24) is 10.2 Å². The number of methoxy groups -OCH3 is 1. The van der Waals surface area contributed by atoms with Crippen molar-refractivity contribution in [2.75, 3.05) is 33.4 Å². The molecule has 0 radical (unpaired) electrons. The lowest BCUT2D eigenvalue weighted by Gasteiger charge is -2.14. The van der Waals surface area contributed by atoms with E-state index >= 15 is 0 Å². The number of hydrogen-bond acceptors (Lipinski definition) is 6. The second kappa shape index (κ2) is 8.33. The van der Waals surface area contributed by atoms with Gasteiger partial charge in [-0.15, -0.1) is 0 Å². The molecule has 1 N–H and O–H groups in total. The number of amides is 2. The van der Waals surface area contributed by atoms with E-state index in [-0.39, 0.29) is 25.5 Å². The molecule has 0 aliphatic carbocycles. The van der Waals surface area contributed by atoms with Crippen LogP contribution in [-0.4, -0.2) is 56.1 Å². The van der Waals surface area contributed by atoms with Crippen LogP contribution in [0.4, 0.5) is 0 Å². The molecule has 8 nitrogen and oxygen atoms in total. The zero-order chi connectivity index (χ0) is 16.7. The average Bonchev–Trinajstić information content (AvgIpc) is 3.16. The summed E-state index contributed by atoms with van der Waals surface area (Å²) in [7, 11) is 1.53. The van der Waals surface area contributed by atoms with Crippen molar-refractivity contribution in [2.45, 2.75) is 13.0 Å². The van der Waals surface area contributed by atoms with Gasteiger partial charge in [0.15, 0.2) is 6.61 Å². The number of carbonyl (C=O) groups excluding carboxylic acids is 3. The zero-order valence-corrected chi connectivity index (χ0v) is 12.9. The summed E-state index contributed by atoms with van der Waals surface area (Å²) in [5, 5.41) is 2.55. The molecule has 8 heteroatoms. The molecule has 0 spiro atoms. The molecule has 0 saturated carbocycles. The van der Waals surface area contributed by atoms with Gasteiger partial charge in [-0.05, 0) is 12.1 Å². The van der Waals surface area contributed by atoms with E-state index in [0.29, 0.717) is 25.5 Å². The molecule has 1 aliphatic rings. The van der Waals surface area contributed by atoms with Gasteiger partial charge in [0, 0.05) is 26.6 Å². The fraction of sp³-hybridized carbons (Fsp3) is 0.533. The first-order valence-electron chi connectivity index (χ1n) is 7.32. The first-order valence-corrected chi connectivity index (χ1v) is 7.32.